The topological polar surface area (TPSA) is 79.8 Å². The molecule has 0 amide bonds. The van der Waals surface area contributed by atoms with Crippen molar-refractivity contribution in [1.29, 1.82) is 0 Å². The molecular weight excluding hydrogens is 544 g/mol. The fraction of sp³-hybridized carbons (Fsp3) is 0.435. The molecule has 0 saturated heterocycles. The molecule has 178 valence electrons. The first-order chi connectivity index (χ1) is 14.8. The van der Waals surface area contributed by atoms with E-state index in [4.69, 9.17) is 4.74 Å². The third-order valence-corrected chi connectivity index (χ3v) is 5.42. The number of benzene rings is 2. The summed E-state index contributed by atoms with van der Waals surface area (Å²) in [5.41, 5.74) is 2.26. The lowest BCUT2D eigenvalue weighted by atomic mass is 10.1. The van der Waals surface area contributed by atoms with E-state index in [1.165, 1.54) is 18.2 Å². The second-order valence-corrected chi connectivity index (χ2v) is 9.52. The number of aliphatic imine (C=N–C) groups is 1. The Labute approximate surface area is 208 Å². The van der Waals surface area contributed by atoms with Crippen LogP contribution in [0, 0.1) is 5.82 Å². The second-order valence-electron chi connectivity index (χ2n) is 7.38. The van der Waals surface area contributed by atoms with Gasteiger partial charge in [0.15, 0.2) is 15.8 Å². The monoisotopic (exact) mass is 577 g/mol. The molecule has 0 fully saturated rings. The molecular formula is C23H33FIN3O3S. The zero-order valence-corrected chi connectivity index (χ0v) is 22.0. The average molecular weight is 578 g/mol. The summed E-state index contributed by atoms with van der Waals surface area (Å²) in [5, 5.41) is 6.38. The molecule has 1 atom stereocenters. The molecule has 0 radical (unpaired) electrons. The van der Waals surface area contributed by atoms with Gasteiger partial charge >= 0.3 is 0 Å². The Hall–Kier alpha value is -1.72. The van der Waals surface area contributed by atoms with E-state index in [-0.39, 0.29) is 42.4 Å². The van der Waals surface area contributed by atoms with Crippen molar-refractivity contribution < 1.29 is 17.5 Å². The van der Waals surface area contributed by atoms with Crippen molar-refractivity contribution in [2.45, 2.75) is 38.7 Å². The Balaban J connectivity index is 0.00000512. The fourth-order valence-electron chi connectivity index (χ4n) is 3.03. The van der Waals surface area contributed by atoms with Crippen LogP contribution >= 0.6 is 24.0 Å². The van der Waals surface area contributed by atoms with Gasteiger partial charge in [0.25, 0.3) is 0 Å². The maximum absolute atomic E-state index is 13.7. The van der Waals surface area contributed by atoms with Gasteiger partial charge in [-0.1, -0.05) is 36.4 Å². The number of nitrogens with one attached hydrogen (secondary N) is 2. The number of halogens is 2. The summed E-state index contributed by atoms with van der Waals surface area (Å²) in [6.07, 6.45) is 1.99. The van der Waals surface area contributed by atoms with Crippen LogP contribution in [-0.4, -0.2) is 40.3 Å². The molecule has 2 aromatic rings. The third kappa shape index (κ3) is 10.7. The number of guanidine groups is 1. The third-order valence-electron chi connectivity index (χ3n) is 4.59. The Bertz CT molecular complexity index is 956. The van der Waals surface area contributed by atoms with E-state index in [0.717, 1.165) is 18.2 Å². The number of nitrogens with zero attached hydrogens (tertiary/aromatic N) is 1. The molecule has 0 spiro atoms. The van der Waals surface area contributed by atoms with Gasteiger partial charge in [0.05, 0.1) is 18.4 Å². The molecule has 2 N–H and O–H groups in total. The molecule has 0 heterocycles. The number of sulfone groups is 1. The first-order valence-electron chi connectivity index (χ1n) is 10.4. The van der Waals surface area contributed by atoms with Crippen molar-refractivity contribution >= 4 is 39.8 Å². The smallest absolute Gasteiger partial charge is 0.191 e. The highest BCUT2D eigenvalue weighted by Gasteiger charge is 2.11. The minimum Gasteiger partial charge on any atom is -0.374 e. The van der Waals surface area contributed by atoms with Crippen molar-refractivity contribution in [2.24, 2.45) is 4.99 Å². The standard InChI is InChI=1S/C23H32FN3O3S.HI/c1-4-25-23(26-13-8-14-30-18(2)19-9-6-5-7-10-19)27-16-21-15-22(24)12-11-20(21)17-31(3,28)29;/h5-7,9-12,15,18H,4,8,13-14,16-17H2,1-3H3,(H2,25,26,27);1H. The minimum atomic E-state index is -3.23. The summed E-state index contributed by atoms with van der Waals surface area (Å²) < 4.78 is 42.9. The summed E-state index contributed by atoms with van der Waals surface area (Å²) in [4.78, 5) is 4.49. The van der Waals surface area contributed by atoms with Crippen molar-refractivity contribution in [1.82, 2.24) is 10.6 Å². The van der Waals surface area contributed by atoms with Crippen molar-refractivity contribution in [2.75, 3.05) is 26.0 Å². The van der Waals surface area contributed by atoms with Crippen LogP contribution in [0.25, 0.3) is 0 Å². The lowest BCUT2D eigenvalue weighted by molar-refractivity contribution is 0.0646. The van der Waals surface area contributed by atoms with Gasteiger partial charge in [-0.15, -0.1) is 24.0 Å². The molecule has 1 unspecified atom stereocenters. The highest BCUT2D eigenvalue weighted by atomic mass is 127. The van der Waals surface area contributed by atoms with E-state index in [1.54, 1.807) is 0 Å². The summed E-state index contributed by atoms with van der Waals surface area (Å²) in [7, 11) is -3.23. The Morgan fingerprint density at radius 1 is 1.12 bits per heavy atom. The van der Waals surface area contributed by atoms with Crippen LogP contribution < -0.4 is 10.6 Å². The Kier molecular flexibility index (Phi) is 12.8. The lowest BCUT2D eigenvalue weighted by Gasteiger charge is -2.15. The van der Waals surface area contributed by atoms with Crippen LogP contribution in [0.2, 0.25) is 0 Å². The molecule has 6 nitrogen and oxygen atoms in total. The summed E-state index contributed by atoms with van der Waals surface area (Å²) >= 11 is 0. The predicted molar refractivity (Wildman–Crippen MR) is 139 cm³/mol. The summed E-state index contributed by atoms with van der Waals surface area (Å²) in [6, 6.07) is 14.2. The number of hydrogen-bond acceptors (Lipinski definition) is 4. The number of hydrogen-bond donors (Lipinski definition) is 2. The van der Waals surface area contributed by atoms with Crippen molar-refractivity contribution in [3.63, 3.8) is 0 Å². The minimum absolute atomic E-state index is 0. The quantitative estimate of drug-likeness (QED) is 0.181. The van der Waals surface area contributed by atoms with E-state index < -0.39 is 15.7 Å². The molecule has 32 heavy (non-hydrogen) atoms. The Morgan fingerprint density at radius 2 is 1.84 bits per heavy atom. The van der Waals surface area contributed by atoms with E-state index in [9.17, 15) is 12.8 Å². The van der Waals surface area contributed by atoms with Gasteiger partial charge in [0.2, 0.25) is 0 Å². The zero-order valence-electron chi connectivity index (χ0n) is 18.8. The molecule has 0 aromatic heterocycles. The number of rotatable bonds is 11. The van der Waals surface area contributed by atoms with Crippen LogP contribution in [0.5, 0.6) is 0 Å². The van der Waals surface area contributed by atoms with Gasteiger partial charge in [0, 0.05) is 26.0 Å². The van der Waals surface area contributed by atoms with Crippen LogP contribution in [0.4, 0.5) is 4.39 Å². The van der Waals surface area contributed by atoms with Gasteiger partial charge < -0.3 is 15.4 Å². The molecule has 2 aromatic carbocycles. The predicted octanol–water partition coefficient (Wildman–Crippen LogP) is 4.21. The van der Waals surface area contributed by atoms with Gasteiger partial charge in [-0.25, -0.2) is 17.8 Å². The van der Waals surface area contributed by atoms with Crippen LogP contribution in [0.15, 0.2) is 53.5 Å². The average Bonchev–Trinajstić information content (AvgIpc) is 2.73. The van der Waals surface area contributed by atoms with E-state index in [2.05, 4.69) is 15.6 Å². The first-order valence-corrected chi connectivity index (χ1v) is 12.5. The fourth-order valence-corrected chi connectivity index (χ4v) is 3.88. The van der Waals surface area contributed by atoms with Gasteiger partial charge in [-0.05, 0) is 49.1 Å². The van der Waals surface area contributed by atoms with Crippen LogP contribution in [0.1, 0.15) is 43.1 Å². The summed E-state index contributed by atoms with van der Waals surface area (Å²) in [5.74, 6) is 0.0391. The molecule has 0 aliphatic rings. The van der Waals surface area contributed by atoms with E-state index in [1.807, 2.05) is 44.2 Å². The molecule has 0 aliphatic carbocycles. The normalized spacial score (nSPS) is 12.7. The molecule has 0 saturated carbocycles. The van der Waals surface area contributed by atoms with Crippen molar-refractivity contribution in [3.8, 4) is 0 Å². The van der Waals surface area contributed by atoms with Gasteiger partial charge in [0.1, 0.15) is 5.82 Å². The largest absolute Gasteiger partial charge is 0.374 e. The van der Waals surface area contributed by atoms with Crippen LogP contribution in [0.3, 0.4) is 0 Å². The molecule has 0 aliphatic heterocycles. The van der Waals surface area contributed by atoms with E-state index in [0.29, 0.717) is 36.8 Å². The first kappa shape index (κ1) is 28.3. The SMILES string of the molecule is CCNC(=NCc1cc(F)ccc1CS(C)(=O)=O)NCCCOC(C)c1ccccc1.I. The maximum atomic E-state index is 13.7. The number of ether oxygens (including phenoxy) is 1. The van der Waals surface area contributed by atoms with E-state index >= 15 is 0 Å². The molecule has 0 bridgehead atoms. The van der Waals surface area contributed by atoms with Gasteiger partial charge in [-0.3, -0.25) is 0 Å². The maximum Gasteiger partial charge on any atom is 0.191 e. The summed E-state index contributed by atoms with van der Waals surface area (Å²) in [6.45, 7) is 6.10. The Morgan fingerprint density at radius 3 is 2.50 bits per heavy atom. The highest BCUT2D eigenvalue weighted by Crippen LogP contribution is 2.16. The molecule has 2 rings (SSSR count). The second kappa shape index (κ2) is 14.4. The van der Waals surface area contributed by atoms with Crippen LogP contribution in [-0.2, 0) is 26.9 Å². The lowest BCUT2D eigenvalue weighted by Crippen LogP contribution is -2.38. The molecule has 9 heteroatoms. The van der Waals surface area contributed by atoms with Crippen molar-refractivity contribution in [3.05, 3.63) is 71.0 Å². The highest BCUT2D eigenvalue weighted by molar-refractivity contribution is 14.0. The zero-order chi connectivity index (χ0) is 22.7. The van der Waals surface area contributed by atoms with Gasteiger partial charge in [-0.2, -0.15) is 0 Å².